The highest BCUT2D eigenvalue weighted by Gasteiger charge is 2.38. The number of likely N-dealkylation sites (tertiary alicyclic amines) is 1. The Hall–Kier alpha value is -0.0800. The molecule has 2 heteroatoms. The van der Waals surface area contributed by atoms with E-state index < -0.39 is 0 Å². The zero-order valence-corrected chi connectivity index (χ0v) is 12.0. The average molecular weight is 238 g/mol. The summed E-state index contributed by atoms with van der Waals surface area (Å²) >= 11 is 0. The van der Waals surface area contributed by atoms with Crippen LogP contribution in [0, 0.1) is 17.8 Å². The van der Waals surface area contributed by atoms with Crippen LogP contribution in [0.4, 0.5) is 0 Å². The van der Waals surface area contributed by atoms with Gasteiger partial charge in [0.1, 0.15) is 0 Å². The van der Waals surface area contributed by atoms with E-state index in [4.69, 9.17) is 5.73 Å². The number of piperidine rings is 1. The summed E-state index contributed by atoms with van der Waals surface area (Å²) in [6.07, 6.45) is 5.43. The second kappa shape index (κ2) is 5.27. The van der Waals surface area contributed by atoms with E-state index in [-0.39, 0.29) is 0 Å². The van der Waals surface area contributed by atoms with Crippen molar-refractivity contribution >= 4 is 0 Å². The van der Waals surface area contributed by atoms with E-state index >= 15 is 0 Å². The van der Waals surface area contributed by atoms with Gasteiger partial charge >= 0.3 is 0 Å². The highest BCUT2D eigenvalue weighted by atomic mass is 15.2. The van der Waals surface area contributed by atoms with Crippen LogP contribution in [0.2, 0.25) is 0 Å². The summed E-state index contributed by atoms with van der Waals surface area (Å²) in [4.78, 5) is 2.77. The molecule has 17 heavy (non-hydrogen) atoms. The quantitative estimate of drug-likeness (QED) is 0.761. The van der Waals surface area contributed by atoms with Crippen LogP contribution in [0.5, 0.6) is 0 Å². The minimum Gasteiger partial charge on any atom is -0.327 e. The fraction of sp³-hybridized carbons (Fsp3) is 1.00. The molecule has 2 fully saturated rings. The van der Waals surface area contributed by atoms with Crippen molar-refractivity contribution in [1.29, 1.82) is 0 Å². The summed E-state index contributed by atoms with van der Waals surface area (Å²) in [5.41, 5.74) is 6.20. The molecule has 1 heterocycles. The molecule has 0 aromatic rings. The Morgan fingerprint density at radius 2 is 1.65 bits per heavy atom. The summed E-state index contributed by atoms with van der Waals surface area (Å²) < 4.78 is 0. The minimum atomic E-state index is 0.414. The lowest BCUT2D eigenvalue weighted by Crippen LogP contribution is -2.57. The molecule has 1 saturated carbocycles. The third kappa shape index (κ3) is 2.53. The first kappa shape index (κ1) is 13.4. The third-order valence-electron chi connectivity index (χ3n) is 5.77. The molecular weight excluding hydrogens is 208 g/mol. The summed E-state index contributed by atoms with van der Waals surface area (Å²) in [7, 11) is 0. The summed E-state index contributed by atoms with van der Waals surface area (Å²) in [6.45, 7) is 10.8. The van der Waals surface area contributed by atoms with Gasteiger partial charge in [-0.2, -0.15) is 0 Å². The van der Waals surface area contributed by atoms with Crippen molar-refractivity contribution in [3.63, 3.8) is 0 Å². The van der Waals surface area contributed by atoms with E-state index in [0.29, 0.717) is 18.0 Å². The van der Waals surface area contributed by atoms with Gasteiger partial charge in [0.15, 0.2) is 0 Å². The molecule has 0 bridgehead atoms. The molecule has 6 atom stereocenters. The predicted molar refractivity (Wildman–Crippen MR) is 73.9 cm³/mol. The van der Waals surface area contributed by atoms with Crippen LogP contribution in [0.3, 0.4) is 0 Å². The van der Waals surface area contributed by atoms with Crippen LogP contribution in [-0.4, -0.2) is 29.6 Å². The Morgan fingerprint density at radius 3 is 2.35 bits per heavy atom. The number of hydrogen-bond donors (Lipinski definition) is 1. The van der Waals surface area contributed by atoms with Crippen molar-refractivity contribution in [2.24, 2.45) is 23.5 Å². The lowest BCUT2D eigenvalue weighted by Gasteiger charge is -2.49. The molecule has 1 aliphatic heterocycles. The topological polar surface area (TPSA) is 29.3 Å². The molecule has 0 spiro atoms. The average Bonchev–Trinajstić information content (AvgIpc) is 2.31. The molecule has 0 amide bonds. The summed E-state index contributed by atoms with van der Waals surface area (Å²) in [5, 5.41) is 0. The van der Waals surface area contributed by atoms with Crippen molar-refractivity contribution in [3.8, 4) is 0 Å². The van der Waals surface area contributed by atoms with Crippen LogP contribution in [0.15, 0.2) is 0 Å². The first-order valence-corrected chi connectivity index (χ1v) is 7.53. The number of nitrogens with zero attached hydrogens (tertiary/aromatic N) is 1. The third-order valence-corrected chi connectivity index (χ3v) is 5.77. The molecule has 1 saturated heterocycles. The van der Waals surface area contributed by atoms with Crippen molar-refractivity contribution in [2.45, 2.75) is 71.5 Å². The Labute approximate surface area is 107 Å². The highest BCUT2D eigenvalue weighted by Crippen LogP contribution is 2.36. The molecule has 0 aromatic carbocycles. The maximum atomic E-state index is 6.20. The number of rotatable bonds is 1. The van der Waals surface area contributed by atoms with Crippen LogP contribution in [-0.2, 0) is 0 Å². The Bertz CT molecular complexity index is 253. The van der Waals surface area contributed by atoms with Gasteiger partial charge in [0.2, 0.25) is 0 Å². The van der Waals surface area contributed by atoms with Crippen LogP contribution < -0.4 is 5.73 Å². The van der Waals surface area contributed by atoms with Crippen molar-refractivity contribution in [1.82, 2.24) is 4.90 Å². The van der Waals surface area contributed by atoms with E-state index in [1.165, 1.54) is 32.2 Å². The zero-order valence-electron chi connectivity index (χ0n) is 12.0. The summed E-state index contributed by atoms with van der Waals surface area (Å²) in [6, 6.07) is 1.89. The molecule has 0 radical (unpaired) electrons. The monoisotopic (exact) mass is 238 g/mol. The van der Waals surface area contributed by atoms with Crippen molar-refractivity contribution < 1.29 is 0 Å². The van der Waals surface area contributed by atoms with E-state index in [9.17, 15) is 0 Å². The second-order valence-electron chi connectivity index (χ2n) is 6.62. The normalized spacial score (nSPS) is 49.2. The van der Waals surface area contributed by atoms with Gasteiger partial charge in [-0.1, -0.05) is 33.6 Å². The van der Waals surface area contributed by atoms with Crippen molar-refractivity contribution in [3.05, 3.63) is 0 Å². The standard InChI is InChI=1S/C15H30N2/c1-10-6-5-7-15(11(10)2)17-9-8-14(16)12(3)13(17)4/h10-15H,5-9,16H2,1-4H3. The lowest BCUT2D eigenvalue weighted by molar-refractivity contribution is 0.00323. The van der Waals surface area contributed by atoms with Crippen LogP contribution in [0.25, 0.3) is 0 Å². The first-order chi connectivity index (χ1) is 8.02. The number of nitrogens with two attached hydrogens (primary N) is 1. The molecular formula is C15H30N2. The largest absolute Gasteiger partial charge is 0.327 e. The SMILES string of the molecule is CC1CCCC(N2CCC(N)C(C)C2C)C1C. The predicted octanol–water partition coefficient (Wildman–Crippen LogP) is 2.87. The van der Waals surface area contributed by atoms with Gasteiger partial charge in [-0.15, -0.1) is 0 Å². The molecule has 2 aliphatic rings. The zero-order chi connectivity index (χ0) is 12.6. The number of hydrogen-bond acceptors (Lipinski definition) is 2. The maximum absolute atomic E-state index is 6.20. The highest BCUT2D eigenvalue weighted by molar-refractivity contribution is 4.93. The molecule has 2 N–H and O–H groups in total. The minimum absolute atomic E-state index is 0.414. The molecule has 1 aliphatic carbocycles. The van der Waals surface area contributed by atoms with Gasteiger partial charge in [-0.25, -0.2) is 0 Å². The van der Waals surface area contributed by atoms with Gasteiger partial charge in [-0.3, -0.25) is 4.90 Å². The van der Waals surface area contributed by atoms with E-state index in [0.717, 1.165) is 17.9 Å². The fourth-order valence-electron chi connectivity index (χ4n) is 3.91. The summed E-state index contributed by atoms with van der Waals surface area (Å²) in [5.74, 6) is 2.40. The molecule has 2 nitrogen and oxygen atoms in total. The van der Waals surface area contributed by atoms with Gasteiger partial charge in [-0.05, 0) is 37.5 Å². The van der Waals surface area contributed by atoms with Gasteiger partial charge in [0, 0.05) is 24.7 Å². The maximum Gasteiger partial charge on any atom is 0.0126 e. The van der Waals surface area contributed by atoms with Crippen LogP contribution >= 0.6 is 0 Å². The Morgan fingerprint density at radius 1 is 0.941 bits per heavy atom. The second-order valence-corrected chi connectivity index (χ2v) is 6.62. The molecule has 6 unspecified atom stereocenters. The van der Waals surface area contributed by atoms with Gasteiger partial charge in [0.25, 0.3) is 0 Å². The smallest absolute Gasteiger partial charge is 0.0126 e. The molecule has 0 aromatic heterocycles. The van der Waals surface area contributed by atoms with E-state index in [1.807, 2.05) is 0 Å². The first-order valence-electron chi connectivity index (χ1n) is 7.53. The van der Waals surface area contributed by atoms with E-state index in [2.05, 4.69) is 32.6 Å². The lowest BCUT2D eigenvalue weighted by atomic mass is 9.75. The van der Waals surface area contributed by atoms with Gasteiger partial charge < -0.3 is 5.73 Å². The fourth-order valence-corrected chi connectivity index (χ4v) is 3.91. The molecule has 100 valence electrons. The van der Waals surface area contributed by atoms with E-state index in [1.54, 1.807) is 0 Å². The Balaban J connectivity index is 2.06. The van der Waals surface area contributed by atoms with Crippen molar-refractivity contribution in [2.75, 3.05) is 6.54 Å². The van der Waals surface area contributed by atoms with Gasteiger partial charge in [0.05, 0.1) is 0 Å². The Kier molecular flexibility index (Phi) is 4.14. The van der Waals surface area contributed by atoms with Crippen LogP contribution in [0.1, 0.15) is 53.4 Å². The molecule has 2 rings (SSSR count).